The van der Waals surface area contributed by atoms with E-state index in [1.807, 2.05) is 0 Å². The lowest BCUT2D eigenvalue weighted by Gasteiger charge is -2.15. The predicted molar refractivity (Wildman–Crippen MR) is 250 cm³/mol. The summed E-state index contributed by atoms with van der Waals surface area (Å²) in [5.41, 5.74) is 2.61. The van der Waals surface area contributed by atoms with Crippen LogP contribution in [0.25, 0.3) is 18.2 Å². The van der Waals surface area contributed by atoms with E-state index in [9.17, 15) is 78.8 Å². The normalized spacial score (nSPS) is 11.1. The van der Waals surface area contributed by atoms with Gasteiger partial charge in [-0.2, -0.15) is 17.6 Å². The zero-order valence-electron chi connectivity index (χ0n) is 38.6. The number of rotatable bonds is 21. The third-order valence-electron chi connectivity index (χ3n) is 9.32. The van der Waals surface area contributed by atoms with Crippen LogP contribution < -0.4 is 28.4 Å². The molecule has 76 heavy (non-hydrogen) atoms. The molecule has 6 rings (SSSR count). The Bertz CT molecular complexity index is 3320. The molecule has 0 aliphatic heterocycles. The number of benzene rings is 6. The van der Waals surface area contributed by atoms with Gasteiger partial charge in [0.15, 0.2) is 41.4 Å². The Hall–Kier alpha value is -7.82. The number of carbonyl (C=O) groups is 1. The van der Waals surface area contributed by atoms with Crippen molar-refractivity contribution in [3.05, 3.63) is 180 Å². The van der Waals surface area contributed by atoms with Crippen LogP contribution in [-0.2, 0) is 35.1 Å². The van der Waals surface area contributed by atoms with Gasteiger partial charge < -0.3 is 42.1 Å². The second-order valence-corrected chi connectivity index (χ2v) is 18.5. The summed E-state index contributed by atoms with van der Waals surface area (Å²) in [6, 6.07) is 24.9. The first kappa shape index (κ1) is 60.7. The van der Waals surface area contributed by atoms with Crippen molar-refractivity contribution >= 4 is 54.6 Å². The molecule has 6 aromatic carbocycles. The molecule has 0 radical (unpaired) electrons. The molecule has 0 N–H and O–H groups in total. The molecular formula is C49H37F8O16S3-3. The molecule has 406 valence electrons. The Kier molecular flexibility index (Phi) is 21.7. The summed E-state index contributed by atoms with van der Waals surface area (Å²) in [6.07, 6.45) is 5.00. The summed E-state index contributed by atoms with van der Waals surface area (Å²) in [4.78, 5) is 6.82. The van der Waals surface area contributed by atoms with Crippen LogP contribution >= 0.6 is 0 Å². The number of ether oxygens (including phenoxy) is 6. The van der Waals surface area contributed by atoms with Crippen molar-refractivity contribution in [1.29, 1.82) is 0 Å². The van der Waals surface area contributed by atoms with Crippen molar-refractivity contribution < 1.29 is 107 Å². The van der Waals surface area contributed by atoms with Crippen molar-refractivity contribution in [1.82, 2.24) is 0 Å². The van der Waals surface area contributed by atoms with Crippen LogP contribution in [0.3, 0.4) is 0 Å². The van der Waals surface area contributed by atoms with E-state index in [2.05, 4.69) is 29.2 Å². The lowest BCUT2D eigenvalue weighted by Crippen LogP contribution is -2.17. The number of esters is 1. The monoisotopic (exact) mass is 1130 g/mol. The van der Waals surface area contributed by atoms with E-state index in [1.54, 1.807) is 91.0 Å². The molecule has 0 aliphatic carbocycles. The van der Waals surface area contributed by atoms with Gasteiger partial charge in [0.1, 0.15) is 76.4 Å². The Morgan fingerprint density at radius 2 is 0.711 bits per heavy atom. The largest absolute Gasteiger partial charge is 0.744 e. The fraction of sp³-hybridized carbons (Fsp3) is 0.122. The van der Waals surface area contributed by atoms with Gasteiger partial charge >= 0.3 is 5.97 Å². The summed E-state index contributed by atoms with van der Waals surface area (Å²) in [7, 11) is -16.0. The summed E-state index contributed by atoms with van der Waals surface area (Å²) >= 11 is 0. The first-order chi connectivity index (χ1) is 35.7. The smallest absolute Gasteiger partial charge is 0.349 e. The maximum absolute atomic E-state index is 13.7. The lowest BCUT2D eigenvalue weighted by molar-refractivity contribution is -0.136. The van der Waals surface area contributed by atoms with Crippen LogP contribution in [0.2, 0.25) is 0 Å². The van der Waals surface area contributed by atoms with Gasteiger partial charge in [0, 0.05) is 6.42 Å². The maximum Gasteiger partial charge on any atom is 0.349 e. The number of hydrogen-bond donors (Lipinski definition) is 0. The molecule has 0 saturated carbocycles. The first-order valence-corrected chi connectivity index (χ1v) is 25.2. The summed E-state index contributed by atoms with van der Waals surface area (Å²) < 4.78 is 236. The highest BCUT2D eigenvalue weighted by atomic mass is 32.2. The van der Waals surface area contributed by atoms with E-state index < -0.39 is 111 Å². The minimum atomic E-state index is -5.76. The van der Waals surface area contributed by atoms with Crippen molar-refractivity contribution in [3.8, 4) is 34.5 Å². The van der Waals surface area contributed by atoms with Crippen LogP contribution in [0.1, 0.15) is 23.1 Å². The average Bonchev–Trinajstić information content (AvgIpc) is 3.37. The predicted octanol–water partition coefficient (Wildman–Crippen LogP) is 9.10. The van der Waals surface area contributed by atoms with E-state index in [0.29, 0.717) is 17.2 Å². The zero-order chi connectivity index (χ0) is 56.5. The van der Waals surface area contributed by atoms with Gasteiger partial charge in [0.25, 0.3) is 0 Å². The zero-order valence-corrected chi connectivity index (χ0v) is 41.1. The first-order valence-electron chi connectivity index (χ1n) is 20.9. The van der Waals surface area contributed by atoms with Crippen LogP contribution in [0.4, 0.5) is 35.1 Å². The Balaban J connectivity index is 0.000000247. The van der Waals surface area contributed by atoms with Crippen molar-refractivity contribution in [2.24, 2.45) is 0 Å². The fourth-order valence-electron chi connectivity index (χ4n) is 5.68. The lowest BCUT2D eigenvalue weighted by atomic mass is 10.2. The van der Waals surface area contributed by atoms with E-state index in [4.69, 9.17) is 18.9 Å². The Morgan fingerprint density at radius 1 is 0.408 bits per heavy atom. The summed E-state index contributed by atoms with van der Waals surface area (Å²) in [5.74, 6) is -19.9. The minimum absolute atomic E-state index is 0.0641. The van der Waals surface area contributed by atoms with Crippen LogP contribution in [-0.4, -0.2) is 77.9 Å². The molecular weight excluding hydrogens is 1090 g/mol. The molecule has 16 nitrogen and oxygen atoms in total. The molecule has 0 bridgehead atoms. The molecule has 6 aromatic rings. The molecule has 0 spiro atoms. The number of halogens is 8. The topological polar surface area (TPSA) is 244 Å². The van der Waals surface area contributed by atoms with E-state index >= 15 is 0 Å². The number of hydrogen-bond acceptors (Lipinski definition) is 16. The highest BCUT2D eigenvalue weighted by Gasteiger charge is 2.31. The van der Waals surface area contributed by atoms with Crippen molar-refractivity contribution in [2.75, 3.05) is 33.0 Å². The molecule has 0 fully saturated rings. The van der Waals surface area contributed by atoms with E-state index in [1.165, 1.54) is 12.1 Å². The third kappa shape index (κ3) is 17.1. The fourth-order valence-corrected chi connectivity index (χ4v) is 7.39. The Morgan fingerprint density at radius 3 is 1.07 bits per heavy atom. The minimum Gasteiger partial charge on any atom is -0.744 e. The molecule has 0 heterocycles. The molecule has 0 aliphatic rings. The molecule has 0 aromatic heterocycles. The second kappa shape index (κ2) is 27.1. The van der Waals surface area contributed by atoms with Crippen LogP contribution in [0.15, 0.2) is 131 Å². The van der Waals surface area contributed by atoms with Crippen molar-refractivity contribution in [2.45, 2.75) is 21.1 Å². The van der Waals surface area contributed by atoms with Gasteiger partial charge in [-0.25, -0.2) is 47.6 Å². The number of carbonyl (C=O) groups excluding carboxylic acids is 1. The standard InChI is InChI=1S/C17H14F4O5S.C16H12F4O5S.C16H14O6S/c1-2-10-4-6-11(7-5-10)25-8-3-9-26-16-12(18)14(20)17(27(22,23)24)15(21)13(16)19;1-2-9-3-5-10(6-4-9)24-7-8-25-15-11(17)13(19)16(26(21,22)23)14(20)12(15)18;1-2-12-3-5-14(6-4-12)22-16(17)11-21-13-7-9-15(10-8-13)23(18,19)20/h2,4-7H,1,3,8-9H2,(H,22,23,24);2-6H,1,7-8H2,(H,21,22,23);2-10H,1,11H2,(H,18,19,20)/p-3. The van der Waals surface area contributed by atoms with Gasteiger partial charge in [-0.3, -0.25) is 0 Å². The highest BCUT2D eigenvalue weighted by molar-refractivity contribution is 7.86. The van der Waals surface area contributed by atoms with Gasteiger partial charge in [-0.1, -0.05) is 74.4 Å². The van der Waals surface area contributed by atoms with Crippen LogP contribution in [0.5, 0.6) is 34.5 Å². The van der Waals surface area contributed by atoms with E-state index in [-0.39, 0.29) is 43.5 Å². The highest BCUT2D eigenvalue weighted by Crippen LogP contribution is 2.34. The van der Waals surface area contributed by atoms with Gasteiger partial charge in [0.05, 0.1) is 18.1 Å². The van der Waals surface area contributed by atoms with E-state index in [0.717, 1.165) is 28.8 Å². The molecule has 0 amide bonds. The Labute approximate surface area is 428 Å². The molecule has 0 unspecified atom stereocenters. The second-order valence-electron chi connectivity index (χ2n) is 14.5. The van der Waals surface area contributed by atoms with Crippen molar-refractivity contribution in [3.63, 3.8) is 0 Å². The molecule has 0 saturated heterocycles. The SMILES string of the molecule is C=Cc1ccc(OC(=O)COc2ccc(S(=O)(=O)[O-])cc2)cc1.C=Cc1ccc(OCCCOc2c(F)c(F)c(S(=O)(=O)[O-])c(F)c2F)cc1.C=Cc1ccc(OCCOc2c(F)c(F)c(S(=O)(=O)[O-])c(F)c2F)cc1. The third-order valence-corrected chi connectivity index (χ3v) is 11.9. The van der Waals surface area contributed by atoms with Gasteiger partial charge in [-0.15, -0.1) is 0 Å². The summed E-state index contributed by atoms with van der Waals surface area (Å²) in [6.45, 7) is 9.36. The maximum atomic E-state index is 13.7. The average molecular weight is 1130 g/mol. The van der Waals surface area contributed by atoms with Gasteiger partial charge in [0.2, 0.25) is 23.3 Å². The summed E-state index contributed by atoms with van der Waals surface area (Å²) in [5, 5.41) is 0. The molecule has 27 heteroatoms. The molecule has 0 atom stereocenters. The van der Waals surface area contributed by atoms with Crippen LogP contribution in [0, 0.1) is 46.5 Å². The van der Waals surface area contributed by atoms with Gasteiger partial charge in [-0.05, 0) is 77.4 Å². The quantitative estimate of drug-likeness (QED) is 0.0163.